The first-order valence-corrected chi connectivity index (χ1v) is 15.3. The van der Waals surface area contributed by atoms with Gasteiger partial charge < -0.3 is 29.7 Å². The number of aromatic nitrogens is 4. The van der Waals surface area contributed by atoms with E-state index in [0.717, 1.165) is 43.1 Å². The predicted molar refractivity (Wildman–Crippen MR) is 180 cm³/mol. The number of carbonyl (C=O) groups is 2. The zero-order chi connectivity index (χ0) is 35.1. The van der Waals surface area contributed by atoms with E-state index in [4.69, 9.17) is 19.4 Å². The molecule has 0 radical (unpaired) electrons. The molecule has 4 aromatic rings. The molecule has 0 spiro atoms. The van der Waals surface area contributed by atoms with Gasteiger partial charge in [-0.15, -0.1) is 0 Å². The second-order valence-corrected chi connectivity index (χ2v) is 11.1. The fourth-order valence-electron chi connectivity index (χ4n) is 4.90. The first kappa shape index (κ1) is 37.3. The highest BCUT2D eigenvalue weighted by Gasteiger charge is 2.24. The Balaban J connectivity index is 0.000000970. The lowest BCUT2D eigenvalue weighted by molar-refractivity contribution is -0.134. The van der Waals surface area contributed by atoms with Crippen molar-refractivity contribution >= 4 is 17.7 Å². The number of hydrogen-bond acceptors (Lipinski definition) is 9. The molecule has 3 N–H and O–H groups in total. The quantitative estimate of drug-likeness (QED) is 0.201. The smallest absolute Gasteiger partial charge is 0.300 e. The summed E-state index contributed by atoms with van der Waals surface area (Å²) in [5.74, 6) is 0.721. The Kier molecular flexibility index (Phi) is 14.7. The second-order valence-electron chi connectivity index (χ2n) is 11.1. The molecular formula is C34H43F2N7O5. The summed E-state index contributed by atoms with van der Waals surface area (Å²) in [6.45, 7) is 4.14. The Labute approximate surface area is 279 Å². The lowest BCUT2D eigenvalue weighted by Crippen LogP contribution is -2.39. The van der Waals surface area contributed by atoms with Crippen LogP contribution in [0.25, 0.3) is 22.6 Å². The molecule has 0 aliphatic carbocycles. The van der Waals surface area contributed by atoms with E-state index < -0.39 is 11.8 Å². The lowest BCUT2D eigenvalue weighted by atomic mass is 9.96. The molecule has 1 aliphatic heterocycles. The number of benzene rings is 2. The van der Waals surface area contributed by atoms with E-state index in [1.54, 1.807) is 31.5 Å². The molecule has 48 heavy (non-hydrogen) atoms. The number of rotatable bonds is 11. The maximum Gasteiger partial charge on any atom is 0.300 e. The summed E-state index contributed by atoms with van der Waals surface area (Å²) in [6.07, 6.45) is 4.53. The van der Waals surface area contributed by atoms with Crippen LogP contribution in [0.15, 0.2) is 60.9 Å². The summed E-state index contributed by atoms with van der Waals surface area (Å²) in [5.41, 5.74) is 3.11. The number of amides is 1. The largest absolute Gasteiger partial charge is 0.497 e. The zero-order valence-corrected chi connectivity index (χ0v) is 27.9. The molecule has 1 amide bonds. The number of carboxylic acid groups (broad SMARTS) is 1. The predicted octanol–water partition coefficient (Wildman–Crippen LogP) is 4.94. The maximum absolute atomic E-state index is 14.9. The summed E-state index contributed by atoms with van der Waals surface area (Å²) in [5, 5.41) is 17.4. The Bertz CT molecular complexity index is 1590. The fourth-order valence-corrected chi connectivity index (χ4v) is 4.90. The summed E-state index contributed by atoms with van der Waals surface area (Å²) in [4.78, 5) is 34.8. The van der Waals surface area contributed by atoms with Crippen LogP contribution in [0.1, 0.15) is 30.1 Å². The molecule has 12 nitrogen and oxygen atoms in total. The third kappa shape index (κ3) is 11.3. The van der Waals surface area contributed by atoms with Crippen LogP contribution in [0.4, 0.5) is 14.6 Å². The number of carboxylic acids is 1. The van der Waals surface area contributed by atoms with E-state index in [1.165, 1.54) is 6.20 Å². The summed E-state index contributed by atoms with van der Waals surface area (Å²) in [6, 6.07) is 14.9. The number of aliphatic carboxylic acids is 1. The zero-order valence-electron chi connectivity index (χ0n) is 27.9. The number of carbonyl (C=O) groups excluding carboxylic acids is 1. The molecule has 258 valence electrons. The fraction of sp³-hybridized carbons (Fsp3) is 0.382. The molecule has 2 aromatic carbocycles. The van der Waals surface area contributed by atoms with Gasteiger partial charge >= 0.3 is 0 Å². The second kappa shape index (κ2) is 18.9. The van der Waals surface area contributed by atoms with Crippen molar-refractivity contribution in [3.05, 3.63) is 72.3 Å². The van der Waals surface area contributed by atoms with E-state index in [2.05, 4.69) is 25.5 Å². The maximum atomic E-state index is 14.9. The number of methoxy groups -OCH3 is 1. The number of H-pyrrole nitrogens is 1. The van der Waals surface area contributed by atoms with E-state index in [0.29, 0.717) is 62.1 Å². The van der Waals surface area contributed by atoms with Crippen molar-refractivity contribution in [2.45, 2.75) is 19.8 Å². The molecule has 1 fully saturated rings. The highest BCUT2D eigenvalue weighted by Crippen LogP contribution is 2.28. The van der Waals surface area contributed by atoms with Crippen molar-refractivity contribution in [2.24, 2.45) is 5.92 Å². The third-order valence-electron chi connectivity index (χ3n) is 7.31. The molecule has 5 rings (SSSR count). The van der Waals surface area contributed by atoms with Gasteiger partial charge in [-0.2, -0.15) is 5.10 Å². The topological polar surface area (TPSA) is 146 Å². The highest BCUT2D eigenvalue weighted by atomic mass is 19.1. The molecular weight excluding hydrogens is 624 g/mol. The van der Waals surface area contributed by atoms with Crippen molar-refractivity contribution in [3.8, 4) is 34.1 Å². The van der Waals surface area contributed by atoms with E-state index in [1.807, 2.05) is 54.2 Å². The lowest BCUT2D eigenvalue weighted by Gasteiger charge is -2.33. The third-order valence-corrected chi connectivity index (χ3v) is 7.31. The molecule has 0 saturated carbocycles. The molecule has 0 atom stereocenters. The van der Waals surface area contributed by atoms with Crippen LogP contribution >= 0.6 is 0 Å². The van der Waals surface area contributed by atoms with E-state index in [-0.39, 0.29) is 11.8 Å². The number of piperidine rings is 1. The van der Waals surface area contributed by atoms with Gasteiger partial charge in [0.15, 0.2) is 17.5 Å². The number of alkyl halides is 1. The van der Waals surface area contributed by atoms with Gasteiger partial charge in [-0.05, 0) is 57.1 Å². The first-order chi connectivity index (χ1) is 23.1. The monoisotopic (exact) mass is 667 g/mol. The molecule has 0 unspecified atom stereocenters. The molecule has 3 heterocycles. The van der Waals surface area contributed by atoms with Crippen LogP contribution in [-0.4, -0.2) is 103 Å². The van der Waals surface area contributed by atoms with Crippen molar-refractivity contribution < 1.29 is 33.0 Å². The number of aromatic amines is 1. The van der Waals surface area contributed by atoms with Crippen LogP contribution in [0.5, 0.6) is 11.5 Å². The van der Waals surface area contributed by atoms with Crippen LogP contribution in [0, 0.1) is 11.7 Å². The Morgan fingerprint density at radius 1 is 1.08 bits per heavy atom. The molecule has 0 bridgehead atoms. The summed E-state index contributed by atoms with van der Waals surface area (Å²) in [7, 11) is 6.02. The molecule has 1 saturated heterocycles. The average molecular weight is 668 g/mol. The number of likely N-dealkylation sites (N-methyl/N-ethyl adjacent to an activating group) is 1. The SMILES string of the molecule is CC(=O)O.CF.COc1cc(OCCN(C)C)cc(C(=O)NCC2CCN(c3nc(-c4cccc(-c5ccn[nH]5)c4)ncc3F)CC2)c1. The molecule has 2 aromatic heterocycles. The Morgan fingerprint density at radius 2 is 1.77 bits per heavy atom. The van der Waals surface area contributed by atoms with Gasteiger partial charge in [-0.1, -0.05) is 18.2 Å². The number of nitrogens with one attached hydrogen (secondary N) is 2. The minimum Gasteiger partial charge on any atom is -0.497 e. The van der Waals surface area contributed by atoms with Gasteiger partial charge in [-0.3, -0.25) is 19.1 Å². The van der Waals surface area contributed by atoms with E-state index in [9.17, 15) is 13.6 Å². The van der Waals surface area contributed by atoms with Gasteiger partial charge in [0.1, 0.15) is 18.1 Å². The van der Waals surface area contributed by atoms with Crippen molar-refractivity contribution in [1.29, 1.82) is 0 Å². The molecule has 1 aliphatic rings. The Hall–Kier alpha value is -5.11. The van der Waals surface area contributed by atoms with Crippen LogP contribution in [0.2, 0.25) is 0 Å². The van der Waals surface area contributed by atoms with Gasteiger partial charge in [0.25, 0.3) is 11.9 Å². The van der Waals surface area contributed by atoms with Crippen molar-refractivity contribution in [1.82, 2.24) is 30.4 Å². The Morgan fingerprint density at radius 3 is 2.42 bits per heavy atom. The van der Waals surface area contributed by atoms with Gasteiger partial charge in [0.2, 0.25) is 0 Å². The van der Waals surface area contributed by atoms with Gasteiger partial charge in [-0.25, -0.2) is 14.4 Å². The standard InChI is InChI=1S/C31H36FN7O3.C2H4O2.CH3F/c1-38(2)13-14-42-26-17-24(16-25(18-26)41-3)31(40)34-19-21-8-11-39(12-9-21)30-27(32)20-33-29(36-30)23-6-4-5-22(15-23)28-7-10-35-37-28;1-2(3)4;1-2/h4-7,10,15-18,20-21H,8-9,11-14,19H2,1-3H3,(H,34,40)(H,35,37);1H3,(H,3,4);1H3. The van der Waals surface area contributed by atoms with Crippen molar-refractivity contribution in [3.63, 3.8) is 0 Å². The number of ether oxygens (including phenoxy) is 2. The summed E-state index contributed by atoms with van der Waals surface area (Å²) >= 11 is 0. The first-order valence-electron chi connectivity index (χ1n) is 15.3. The number of anilines is 1. The normalized spacial score (nSPS) is 12.7. The van der Waals surface area contributed by atoms with Crippen molar-refractivity contribution in [2.75, 3.05) is 66.1 Å². The van der Waals surface area contributed by atoms with Gasteiger partial charge in [0, 0.05) is 62.1 Å². The van der Waals surface area contributed by atoms with Crippen LogP contribution in [-0.2, 0) is 4.79 Å². The summed E-state index contributed by atoms with van der Waals surface area (Å²) < 4.78 is 35.5. The number of hydrogen-bond donors (Lipinski definition) is 3. The van der Waals surface area contributed by atoms with E-state index >= 15 is 0 Å². The van der Waals surface area contributed by atoms with Crippen LogP contribution in [0.3, 0.4) is 0 Å². The number of halogens is 2. The minimum atomic E-state index is -0.833. The molecule has 14 heteroatoms. The minimum absolute atomic E-state index is 0.183. The van der Waals surface area contributed by atoms with Crippen LogP contribution < -0.4 is 19.7 Å². The number of nitrogens with zero attached hydrogens (tertiary/aromatic N) is 5. The van der Waals surface area contributed by atoms with Gasteiger partial charge in [0.05, 0.1) is 26.2 Å². The average Bonchev–Trinajstić information content (AvgIpc) is 3.64. The highest BCUT2D eigenvalue weighted by molar-refractivity contribution is 5.95.